The van der Waals surface area contributed by atoms with Crippen LogP contribution in [-0.2, 0) is 12.8 Å². The third-order valence-corrected chi connectivity index (χ3v) is 3.53. The Balaban J connectivity index is 1.91. The highest BCUT2D eigenvalue weighted by Gasteiger charge is 2.31. The maximum absolute atomic E-state index is 13.2. The van der Waals surface area contributed by atoms with Crippen molar-refractivity contribution >= 4 is 0 Å². The summed E-state index contributed by atoms with van der Waals surface area (Å²) < 4.78 is 50.2. The molecular formula is C17H14F3N3O2. The van der Waals surface area contributed by atoms with Crippen molar-refractivity contribution in [2.75, 3.05) is 7.11 Å². The van der Waals surface area contributed by atoms with Crippen LogP contribution in [0.1, 0.15) is 11.1 Å². The number of alkyl halides is 3. The smallest absolute Gasteiger partial charge is 0.416 e. The van der Waals surface area contributed by atoms with Gasteiger partial charge in [-0.25, -0.2) is 0 Å². The number of hydrogen-bond acceptors (Lipinski definition) is 4. The number of halogens is 3. The second-order valence-corrected chi connectivity index (χ2v) is 5.20. The van der Waals surface area contributed by atoms with Crippen LogP contribution in [0.5, 0.6) is 11.5 Å². The third kappa shape index (κ3) is 3.90. The average molecular weight is 349 g/mol. The fourth-order valence-electron chi connectivity index (χ4n) is 2.32. The van der Waals surface area contributed by atoms with Crippen LogP contribution in [0.2, 0.25) is 0 Å². The summed E-state index contributed by atoms with van der Waals surface area (Å²) in [4.78, 5) is 0. The standard InChI is InChI=1S/C17H14F3N3O2/c1-24-16-5-3-2-4-11(16)10-25-14-7-12(15-9-21-23-22-15)6-13(8-14)17(18,19)20/h2-9H,10H2,1H3,(H,21,22,23). The fraction of sp³-hybridized carbons (Fsp3) is 0.176. The van der Waals surface area contributed by atoms with Crippen LogP contribution in [-0.4, -0.2) is 22.5 Å². The SMILES string of the molecule is COc1ccccc1COc1cc(-c2c[nH]nn2)cc(C(F)(F)F)c1. The van der Waals surface area contributed by atoms with Crippen molar-refractivity contribution in [2.24, 2.45) is 0 Å². The van der Waals surface area contributed by atoms with Crippen molar-refractivity contribution < 1.29 is 22.6 Å². The van der Waals surface area contributed by atoms with Crippen LogP contribution >= 0.6 is 0 Å². The maximum Gasteiger partial charge on any atom is 0.416 e. The summed E-state index contributed by atoms with van der Waals surface area (Å²) in [5.74, 6) is 0.685. The summed E-state index contributed by atoms with van der Waals surface area (Å²) in [6.07, 6.45) is -3.08. The van der Waals surface area contributed by atoms with Gasteiger partial charge in [-0.1, -0.05) is 23.4 Å². The van der Waals surface area contributed by atoms with E-state index in [9.17, 15) is 13.2 Å². The molecule has 0 bridgehead atoms. The number of rotatable bonds is 5. The van der Waals surface area contributed by atoms with Crippen LogP contribution in [0.15, 0.2) is 48.7 Å². The molecule has 3 rings (SSSR count). The molecule has 0 radical (unpaired) electrons. The molecule has 0 unspecified atom stereocenters. The molecule has 0 aliphatic heterocycles. The van der Waals surface area contributed by atoms with Crippen molar-refractivity contribution in [1.29, 1.82) is 0 Å². The van der Waals surface area contributed by atoms with E-state index in [1.807, 2.05) is 0 Å². The van der Waals surface area contributed by atoms with E-state index in [0.29, 0.717) is 11.4 Å². The zero-order valence-electron chi connectivity index (χ0n) is 13.2. The van der Waals surface area contributed by atoms with Crippen molar-refractivity contribution in [3.05, 3.63) is 59.8 Å². The number of ether oxygens (including phenoxy) is 2. The summed E-state index contributed by atoms with van der Waals surface area (Å²) in [6.45, 7) is 0.0730. The Morgan fingerprint density at radius 3 is 2.60 bits per heavy atom. The topological polar surface area (TPSA) is 60.0 Å². The molecule has 5 nitrogen and oxygen atoms in total. The molecule has 0 saturated carbocycles. The largest absolute Gasteiger partial charge is 0.496 e. The van der Waals surface area contributed by atoms with Crippen LogP contribution in [0, 0.1) is 0 Å². The zero-order chi connectivity index (χ0) is 17.9. The van der Waals surface area contributed by atoms with E-state index in [1.165, 1.54) is 19.4 Å². The first-order valence-corrected chi connectivity index (χ1v) is 7.31. The molecule has 0 atom stereocenters. The molecule has 1 heterocycles. The van der Waals surface area contributed by atoms with Gasteiger partial charge < -0.3 is 9.47 Å². The minimum atomic E-state index is -4.50. The molecule has 0 amide bonds. The van der Waals surface area contributed by atoms with E-state index < -0.39 is 11.7 Å². The summed E-state index contributed by atoms with van der Waals surface area (Å²) in [5, 5.41) is 9.75. The van der Waals surface area contributed by atoms with Crippen LogP contribution in [0.25, 0.3) is 11.3 Å². The Hall–Kier alpha value is -3.03. The third-order valence-electron chi connectivity index (χ3n) is 3.53. The van der Waals surface area contributed by atoms with Gasteiger partial charge >= 0.3 is 6.18 Å². The second-order valence-electron chi connectivity index (χ2n) is 5.20. The lowest BCUT2D eigenvalue weighted by atomic mass is 10.1. The maximum atomic E-state index is 13.2. The number of para-hydroxylation sites is 1. The number of methoxy groups -OCH3 is 1. The van der Waals surface area contributed by atoms with Gasteiger partial charge in [-0.3, -0.25) is 5.10 Å². The molecule has 1 aromatic heterocycles. The number of nitrogens with one attached hydrogen (secondary N) is 1. The summed E-state index contributed by atoms with van der Waals surface area (Å²) in [7, 11) is 1.52. The molecule has 8 heteroatoms. The van der Waals surface area contributed by atoms with E-state index in [4.69, 9.17) is 9.47 Å². The van der Waals surface area contributed by atoms with Gasteiger partial charge in [-0.15, -0.1) is 5.10 Å². The van der Waals surface area contributed by atoms with Gasteiger partial charge in [0, 0.05) is 17.3 Å². The van der Waals surface area contributed by atoms with Gasteiger partial charge in [-0.05, 0) is 24.3 Å². The predicted octanol–water partition coefficient (Wildman–Crippen LogP) is 4.08. The van der Waals surface area contributed by atoms with Gasteiger partial charge in [-0.2, -0.15) is 13.2 Å². The van der Waals surface area contributed by atoms with Gasteiger partial charge in [0.05, 0.1) is 12.7 Å². The number of nitrogens with zero attached hydrogens (tertiary/aromatic N) is 2. The van der Waals surface area contributed by atoms with Crippen LogP contribution in [0.4, 0.5) is 13.2 Å². The summed E-state index contributed by atoms with van der Waals surface area (Å²) in [5.41, 5.74) is 0.472. The Kier molecular flexibility index (Phi) is 4.60. The lowest BCUT2D eigenvalue weighted by molar-refractivity contribution is -0.137. The average Bonchev–Trinajstić information content (AvgIpc) is 3.14. The van der Waals surface area contributed by atoms with E-state index in [2.05, 4.69) is 15.4 Å². The molecule has 3 aromatic rings. The van der Waals surface area contributed by atoms with Gasteiger partial charge in [0.25, 0.3) is 0 Å². The number of hydrogen-bond donors (Lipinski definition) is 1. The highest BCUT2D eigenvalue weighted by molar-refractivity contribution is 5.61. The molecule has 1 N–H and O–H groups in total. The predicted molar refractivity (Wildman–Crippen MR) is 84.1 cm³/mol. The molecule has 0 saturated heterocycles. The monoisotopic (exact) mass is 349 g/mol. The van der Waals surface area contributed by atoms with Crippen molar-refractivity contribution in [1.82, 2.24) is 15.4 Å². The van der Waals surface area contributed by atoms with E-state index in [-0.39, 0.29) is 17.9 Å². The minimum Gasteiger partial charge on any atom is -0.496 e. The first kappa shape index (κ1) is 16.8. The van der Waals surface area contributed by atoms with E-state index in [0.717, 1.165) is 17.7 Å². The van der Waals surface area contributed by atoms with Gasteiger partial charge in [0.2, 0.25) is 0 Å². The number of aromatic amines is 1. The second kappa shape index (κ2) is 6.84. The van der Waals surface area contributed by atoms with Crippen LogP contribution < -0.4 is 9.47 Å². The molecule has 25 heavy (non-hydrogen) atoms. The highest BCUT2D eigenvalue weighted by Crippen LogP contribution is 2.35. The quantitative estimate of drug-likeness (QED) is 0.754. The normalized spacial score (nSPS) is 11.4. The molecule has 0 fully saturated rings. The van der Waals surface area contributed by atoms with Gasteiger partial charge in [0.1, 0.15) is 23.8 Å². The Morgan fingerprint density at radius 1 is 1.12 bits per heavy atom. The Morgan fingerprint density at radius 2 is 1.92 bits per heavy atom. The Bertz CT molecular complexity index is 849. The minimum absolute atomic E-state index is 0.0730. The van der Waals surface area contributed by atoms with Crippen molar-refractivity contribution in [2.45, 2.75) is 12.8 Å². The van der Waals surface area contributed by atoms with Crippen molar-refractivity contribution in [3.63, 3.8) is 0 Å². The lowest BCUT2D eigenvalue weighted by Crippen LogP contribution is -2.06. The molecule has 130 valence electrons. The molecular weight excluding hydrogens is 335 g/mol. The molecule has 0 spiro atoms. The highest BCUT2D eigenvalue weighted by atomic mass is 19.4. The van der Waals surface area contributed by atoms with E-state index in [1.54, 1.807) is 24.3 Å². The number of benzene rings is 2. The van der Waals surface area contributed by atoms with Crippen molar-refractivity contribution in [3.8, 4) is 22.8 Å². The van der Waals surface area contributed by atoms with Gasteiger partial charge in [0.15, 0.2) is 0 Å². The Labute approximate surface area is 141 Å². The lowest BCUT2D eigenvalue weighted by Gasteiger charge is -2.13. The van der Waals surface area contributed by atoms with E-state index >= 15 is 0 Å². The van der Waals surface area contributed by atoms with Crippen LogP contribution in [0.3, 0.4) is 0 Å². The summed E-state index contributed by atoms with van der Waals surface area (Å²) in [6, 6.07) is 10.6. The summed E-state index contributed by atoms with van der Waals surface area (Å²) >= 11 is 0. The fourth-order valence-corrected chi connectivity index (χ4v) is 2.32. The molecule has 2 aromatic carbocycles. The number of H-pyrrole nitrogens is 1. The first-order chi connectivity index (χ1) is 12.0. The first-order valence-electron chi connectivity index (χ1n) is 7.31. The molecule has 0 aliphatic rings. The molecule has 0 aliphatic carbocycles. The number of aromatic nitrogens is 3. The zero-order valence-corrected chi connectivity index (χ0v) is 13.2.